The lowest BCUT2D eigenvalue weighted by molar-refractivity contribution is 0.431. The van der Waals surface area contributed by atoms with Crippen LogP contribution in [-0.4, -0.2) is 5.16 Å². The molecule has 0 bridgehead atoms. The van der Waals surface area contributed by atoms with Crippen LogP contribution in [0.25, 0.3) is 10.6 Å². The minimum absolute atomic E-state index is 0.305. The van der Waals surface area contributed by atoms with Crippen molar-refractivity contribution in [2.24, 2.45) is 0 Å². The van der Waals surface area contributed by atoms with Crippen molar-refractivity contribution in [3.05, 3.63) is 27.7 Å². The van der Waals surface area contributed by atoms with E-state index >= 15 is 0 Å². The van der Waals surface area contributed by atoms with Crippen molar-refractivity contribution in [3.8, 4) is 16.7 Å². The first kappa shape index (κ1) is 8.48. The van der Waals surface area contributed by atoms with Crippen molar-refractivity contribution >= 4 is 27.3 Å². The minimum Gasteiger partial charge on any atom is -0.354 e. The molecule has 2 rings (SSSR count). The Kier molecular flexibility index (Phi) is 2.17. The molecule has 0 saturated heterocycles. The van der Waals surface area contributed by atoms with Crippen LogP contribution in [-0.2, 0) is 0 Å². The van der Waals surface area contributed by atoms with Crippen LogP contribution >= 0.6 is 27.3 Å². The molecule has 0 unspecified atom stereocenters. The fraction of sp³-hybridized carbons (Fsp3) is 0. The Morgan fingerprint density at radius 2 is 2.38 bits per heavy atom. The molecule has 0 atom stereocenters. The molecule has 0 aliphatic heterocycles. The molecule has 0 aliphatic rings. The van der Waals surface area contributed by atoms with Gasteiger partial charge in [0.2, 0.25) is 0 Å². The molecule has 64 valence electrons. The topological polar surface area (TPSA) is 49.8 Å². The molecule has 0 radical (unpaired) electrons. The van der Waals surface area contributed by atoms with Gasteiger partial charge in [-0.25, -0.2) is 0 Å². The van der Waals surface area contributed by atoms with Gasteiger partial charge in [-0.2, -0.15) is 5.26 Å². The molecule has 2 aromatic rings. The van der Waals surface area contributed by atoms with Crippen LogP contribution in [0.5, 0.6) is 0 Å². The van der Waals surface area contributed by atoms with Crippen LogP contribution in [0.4, 0.5) is 0 Å². The Morgan fingerprint density at radius 3 is 2.92 bits per heavy atom. The predicted molar refractivity (Wildman–Crippen MR) is 52.2 cm³/mol. The lowest BCUT2D eigenvalue weighted by Crippen LogP contribution is -1.64. The van der Waals surface area contributed by atoms with Crippen molar-refractivity contribution in [1.29, 1.82) is 5.26 Å². The van der Waals surface area contributed by atoms with Crippen LogP contribution in [0.1, 0.15) is 5.69 Å². The molecule has 0 amide bonds. The van der Waals surface area contributed by atoms with Crippen molar-refractivity contribution in [1.82, 2.24) is 5.16 Å². The SMILES string of the molecule is N#Cc1cc(-c2cc(Br)cs2)on1. The fourth-order valence-corrected chi connectivity index (χ4v) is 2.26. The van der Waals surface area contributed by atoms with Crippen molar-refractivity contribution < 1.29 is 4.52 Å². The van der Waals surface area contributed by atoms with Crippen LogP contribution in [0.2, 0.25) is 0 Å². The molecule has 0 N–H and O–H groups in total. The zero-order valence-corrected chi connectivity index (χ0v) is 8.72. The molecular formula is C8H3BrN2OS. The van der Waals surface area contributed by atoms with Crippen molar-refractivity contribution in [3.63, 3.8) is 0 Å². The molecule has 3 nitrogen and oxygen atoms in total. The first-order valence-electron chi connectivity index (χ1n) is 3.41. The summed E-state index contributed by atoms with van der Waals surface area (Å²) in [6, 6.07) is 5.46. The largest absolute Gasteiger partial charge is 0.354 e. The molecule has 0 fully saturated rings. The third-order valence-corrected chi connectivity index (χ3v) is 3.14. The van der Waals surface area contributed by atoms with Crippen LogP contribution in [0, 0.1) is 11.3 Å². The highest BCUT2D eigenvalue weighted by Crippen LogP contribution is 2.29. The van der Waals surface area contributed by atoms with Crippen molar-refractivity contribution in [2.45, 2.75) is 0 Å². The summed E-state index contributed by atoms with van der Waals surface area (Å²) in [4.78, 5) is 0.959. The number of nitriles is 1. The highest BCUT2D eigenvalue weighted by molar-refractivity contribution is 9.10. The third-order valence-electron chi connectivity index (χ3n) is 1.44. The van der Waals surface area contributed by atoms with Gasteiger partial charge < -0.3 is 4.52 Å². The Morgan fingerprint density at radius 1 is 1.54 bits per heavy atom. The van der Waals surface area contributed by atoms with Gasteiger partial charge in [0.1, 0.15) is 6.07 Å². The Bertz CT molecular complexity index is 468. The summed E-state index contributed by atoms with van der Waals surface area (Å²) in [5, 5.41) is 14.0. The van der Waals surface area contributed by atoms with Crippen LogP contribution < -0.4 is 0 Å². The normalized spacial score (nSPS) is 9.85. The summed E-state index contributed by atoms with van der Waals surface area (Å²) < 4.78 is 5.97. The van der Waals surface area contributed by atoms with E-state index in [1.165, 1.54) is 11.3 Å². The van der Waals surface area contributed by atoms with E-state index in [0.717, 1.165) is 9.35 Å². The maximum atomic E-state index is 8.52. The lowest BCUT2D eigenvalue weighted by Gasteiger charge is -1.82. The van der Waals surface area contributed by atoms with E-state index in [0.29, 0.717) is 11.5 Å². The highest BCUT2D eigenvalue weighted by Gasteiger charge is 2.07. The number of halogens is 1. The Hall–Kier alpha value is -1.12. The summed E-state index contributed by atoms with van der Waals surface area (Å²) in [5.74, 6) is 0.632. The minimum atomic E-state index is 0.305. The number of rotatable bonds is 1. The number of thiophene rings is 1. The first-order valence-corrected chi connectivity index (χ1v) is 5.08. The maximum Gasteiger partial charge on any atom is 0.184 e. The highest BCUT2D eigenvalue weighted by atomic mass is 79.9. The second-order valence-corrected chi connectivity index (χ2v) is 4.14. The Balaban J connectivity index is 2.42. The van der Waals surface area contributed by atoms with E-state index in [4.69, 9.17) is 9.78 Å². The van der Waals surface area contributed by atoms with Gasteiger partial charge in [0.15, 0.2) is 11.5 Å². The third kappa shape index (κ3) is 1.64. The van der Waals surface area contributed by atoms with Gasteiger partial charge in [-0.05, 0) is 22.0 Å². The van der Waals surface area contributed by atoms with Gasteiger partial charge in [-0.15, -0.1) is 11.3 Å². The summed E-state index contributed by atoms with van der Waals surface area (Å²) >= 11 is 4.87. The molecule has 0 aliphatic carbocycles. The molecule has 13 heavy (non-hydrogen) atoms. The van der Waals surface area contributed by atoms with E-state index in [9.17, 15) is 0 Å². The van der Waals surface area contributed by atoms with E-state index in [1.807, 2.05) is 17.5 Å². The summed E-state index contributed by atoms with van der Waals surface area (Å²) in [5.41, 5.74) is 0.305. The smallest absolute Gasteiger partial charge is 0.184 e. The van der Waals surface area contributed by atoms with Gasteiger partial charge in [0.05, 0.1) is 4.88 Å². The van der Waals surface area contributed by atoms with Gasteiger partial charge in [0, 0.05) is 15.9 Å². The number of aromatic nitrogens is 1. The number of hydrogen-bond donors (Lipinski definition) is 0. The lowest BCUT2D eigenvalue weighted by atomic mass is 10.3. The molecule has 0 spiro atoms. The monoisotopic (exact) mass is 254 g/mol. The first-order chi connectivity index (χ1) is 6.29. The zero-order chi connectivity index (χ0) is 9.26. The number of hydrogen-bond acceptors (Lipinski definition) is 4. The van der Waals surface area contributed by atoms with E-state index in [2.05, 4.69) is 21.1 Å². The van der Waals surface area contributed by atoms with Crippen LogP contribution in [0.3, 0.4) is 0 Å². The standard InChI is InChI=1S/C8H3BrN2OS/c9-5-1-8(13-4-5)7-2-6(3-10)11-12-7/h1-2,4H. The summed E-state index contributed by atoms with van der Waals surface area (Å²) in [7, 11) is 0. The molecule has 0 saturated carbocycles. The molecule has 2 heterocycles. The summed E-state index contributed by atoms with van der Waals surface area (Å²) in [6.45, 7) is 0. The molecule has 0 aromatic carbocycles. The molecule has 5 heteroatoms. The van der Waals surface area contributed by atoms with Crippen LogP contribution in [0.15, 0.2) is 26.5 Å². The average molecular weight is 255 g/mol. The second kappa shape index (κ2) is 3.32. The van der Waals surface area contributed by atoms with Gasteiger partial charge >= 0.3 is 0 Å². The fourth-order valence-electron chi connectivity index (χ4n) is 0.886. The average Bonchev–Trinajstić information content (AvgIpc) is 2.71. The molecule has 2 aromatic heterocycles. The van der Waals surface area contributed by atoms with E-state index < -0.39 is 0 Å². The van der Waals surface area contributed by atoms with Gasteiger partial charge in [-0.3, -0.25) is 0 Å². The van der Waals surface area contributed by atoms with Crippen molar-refractivity contribution in [2.75, 3.05) is 0 Å². The Labute approximate surface area is 86.7 Å². The summed E-state index contributed by atoms with van der Waals surface area (Å²) in [6.07, 6.45) is 0. The molecular weight excluding hydrogens is 252 g/mol. The van der Waals surface area contributed by atoms with E-state index in [-0.39, 0.29) is 0 Å². The zero-order valence-electron chi connectivity index (χ0n) is 6.32. The predicted octanol–water partition coefficient (Wildman–Crippen LogP) is 3.04. The second-order valence-electron chi connectivity index (χ2n) is 2.32. The number of nitrogens with zero attached hydrogens (tertiary/aromatic N) is 2. The quantitative estimate of drug-likeness (QED) is 0.786. The maximum absolute atomic E-state index is 8.52. The van der Waals surface area contributed by atoms with Gasteiger partial charge in [0.25, 0.3) is 0 Å². The van der Waals surface area contributed by atoms with E-state index in [1.54, 1.807) is 6.07 Å². The van der Waals surface area contributed by atoms with Gasteiger partial charge in [-0.1, -0.05) is 5.16 Å².